The summed E-state index contributed by atoms with van der Waals surface area (Å²) in [5.41, 5.74) is 0.771. The lowest BCUT2D eigenvalue weighted by Gasteiger charge is -2.09. The van der Waals surface area contributed by atoms with Gasteiger partial charge < -0.3 is 10.1 Å². The fourth-order valence-electron chi connectivity index (χ4n) is 1.78. The summed E-state index contributed by atoms with van der Waals surface area (Å²) in [4.78, 5) is 29.8. The number of aromatic nitrogens is 2. The fraction of sp³-hybridized carbons (Fsp3) is 0.154. The maximum atomic E-state index is 11.9. The highest BCUT2D eigenvalue weighted by Crippen LogP contribution is 2.24. The van der Waals surface area contributed by atoms with Crippen LogP contribution in [0, 0.1) is 6.92 Å². The molecule has 1 aromatic heterocycles. The molecule has 1 heterocycles. The Kier molecular flexibility index (Phi) is 3.71. The van der Waals surface area contributed by atoms with Crippen molar-refractivity contribution in [2.45, 2.75) is 12.1 Å². The zero-order valence-electron chi connectivity index (χ0n) is 10.4. The first-order valence-corrected chi connectivity index (χ1v) is 6.74. The molecule has 2 N–H and O–H groups in total. The molecule has 5 nitrogen and oxygen atoms in total. The molecule has 0 saturated carbocycles. The topological polar surface area (TPSA) is 83.0 Å². The minimum atomic E-state index is -1.28. The van der Waals surface area contributed by atoms with Crippen LogP contribution in [-0.4, -0.2) is 27.3 Å². The normalized spacial score (nSPS) is 10.4. The molecule has 0 amide bonds. The van der Waals surface area contributed by atoms with Gasteiger partial charge in [0.05, 0.1) is 5.69 Å². The quantitative estimate of drug-likeness (QED) is 0.663. The molecule has 0 aliphatic carbocycles. The Balaban J connectivity index is 2.81. The zero-order chi connectivity index (χ0) is 14.0. The van der Waals surface area contributed by atoms with Crippen molar-refractivity contribution in [1.29, 1.82) is 0 Å². The Hall–Kier alpha value is -2.08. The van der Waals surface area contributed by atoms with Crippen LogP contribution in [0.1, 0.15) is 15.9 Å². The summed E-state index contributed by atoms with van der Waals surface area (Å²) >= 11 is 1.26. The predicted molar refractivity (Wildman–Crippen MR) is 73.8 cm³/mol. The molecule has 0 aliphatic heterocycles. The largest absolute Gasteiger partial charge is 0.477 e. The highest BCUT2D eigenvalue weighted by molar-refractivity contribution is 7.98. The number of carboxylic acid groups (broad SMARTS) is 1. The average Bonchev–Trinajstić information content (AvgIpc) is 2.37. The molecule has 0 saturated heterocycles. The first kappa shape index (κ1) is 13.4. The Morgan fingerprint density at radius 2 is 2.05 bits per heavy atom. The number of aromatic amines is 1. The molecule has 0 aliphatic rings. The molecule has 2 rings (SSSR count). The van der Waals surface area contributed by atoms with Crippen molar-refractivity contribution in [3.63, 3.8) is 0 Å². The second-order valence-electron chi connectivity index (χ2n) is 3.92. The van der Waals surface area contributed by atoms with E-state index in [1.165, 1.54) is 11.8 Å². The monoisotopic (exact) mass is 276 g/mol. The van der Waals surface area contributed by atoms with E-state index in [4.69, 9.17) is 0 Å². The van der Waals surface area contributed by atoms with Crippen LogP contribution in [0.5, 0.6) is 0 Å². The van der Waals surface area contributed by atoms with E-state index in [1.54, 1.807) is 18.4 Å². The second-order valence-corrected chi connectivity index (χ2v) is 4.71. The van der Waals surface area contributed by atoms with E-state index in [0.29, 0.717) is 10.7 Å². The third kappa shape index (κ3) is 2.53. The maximum Gasteiger partial charge on any atom is 0.343 e. The van der Waals surface area contributed by atoms with Gasteiger partial charge in [0.15, 0.2) is 10.7 Å². The van der Waals surface area contributed by atoms with E-state index < -0.39 is 11.5 Å². The van der Waals surface area contributed by atoms with Crippen molar-refractivity contribution in [1.82, 2.24) is 9.97 Å². The lowest BCUT2D eigenvalue weighted by Crippen LogP contribution is -2.21. The molecule has 98 valence electrons. The van der Waals surface area contributed by atoms with Gasteiger partial charge in [0.25, 0.3) is 5.56 Å². The average molecular weight is 276 g/mol. The van der Waals surface area contributed by atoms with Crippen LogP contribution in [0.15, 0.2) is 34.2 Å². The summed E-state index contributed by atoms with van der Waals surface area (Å²) in [5.74, 6) is -1.28. The SMILES string of the molecule is CSc1nc(-c2ccccc2C)c(C(=O)O)c(=O)[nH]1. The smallest absolute Gasteiger partial charge is 0.343 e. The Bertz CT molecular complexity index is 695. The minimum absolute atomic E-state index is 0.207. The number of H-pyrrole nitrogens is 1. The number of aryl methyl sites for hydroxylation is 1. The van der Waals surface area contributed by atoms with Gasteiger partial charge in [-0.05, 0) is 18.7 Å². The van der Waals surface area contributed by atoms with Crippen LogP contribution in [0.4, 0.5) is 0 Å². The van der Waals surface area contributed by atoms with Crippen molar-refractivity contribution in [3.8, 4) is 11.3 Å². The molecule has 6 heteroatoms. The molecule has 0 radical (unpaired) electrons. The van der Waals surface area contributed by atoms with E-state index in [1.807, 2.05) is 19.1 Å². The van der Waals surface area contributed by atoms with Crippen LogP contribution in [-0.2, 0) is 0 Å². The summed E-state index contributed by atoms with van der Waals surface area (Å²) in [7, 11) is 0. The van der Waals surface area contributed by atoms with Crippen molar-refractivity contribution in [2.75, 3.05) is 6.26 Å². The van der Waals surface area contributed by atoms with E-state index in [-0.39, 0.29) is 11.3 Å². The first-order chi connectivity index (χ1) is 9.04. The molecule has 19 heavy (non-hydrogen) atoms. The van der Waals surface area contributed by atoms with Crippen LogP contribution in [0.3, 0.4) is 0 Å². The molecule has 0 fully saturated rings. The Morgan fingerprint density at radius 1 is 1.37 bits per heavy atom. The maximum absolute atomic E-state index is 11.9. The second kappa shape index (κ2) is 5.27. The van der Waals surface area contributed by atoms with Crippen molar-refractivity contribution >= 4 is 17.7 Å². The number of nitrogens with zero attached hydrogens (tertiary/aromatic N) is 1. The summed E-state index contributed by atoms with van der Waals surface area (Å²) in [6.07, 6.45) is 1.76. The first-order valence-electron chi connectivity index (χ1n) is 5.52. The third-order valence-electron chi connectivity index (χ3n) is 2.71. The van der Waals surface area contributed by atoms with Gasteiger partial charge in [-0.1, -0.05) is 36.0 Å². The summed E-state index contributed by atoms with van der Waals surface area (Å²) in [6, 6.07) is 7.24. The lowest BCUT2D eigenvalue weighted by molar-refractivity contribution is 0.0695. The van der Waals surface area contributed by atoms with E-state index in [9.17, 15) is 14.7 Å². The fourth-order valence-corrected chi connectivity index (χ4v) is 2.16. The molecule has 1 aromatic carbocycles. The van der Waals surface area contributed by atoms with Gasteiger partial charge in [0.2, 0.25) is 0 Å². The number of carboxylic acids is 1. The van der Waals surface area contributed by atoms with Crippen LogP contribution in [0.25, 0.3) is 11.3 Å². The standard InChI is InChI=1S/C13H12N2O3S/c1-7-5-3-4-6-8(7)10-9(12(17)18)11(16)15-13(14-10)19-2/h3-6H,1-2H3,(H,17,18)(H,14,15,16). The molecule has 0 spiro atoms. The van der Waals surface area contributed by atoms with Gasteiger partial charge in [0.1, 0.15) is 0 Å². The Labute approximate surface area is 113 Å². The molecule has 0 unspecified atom stereocenters. The van der Waals surface area contributed by atoms with Crippen LogP contribution >= 0.6 is 11.8 Å². The molecule has 2 aromatic rings. The van der Waals surface area contributed by atoms with Crippen LogP contribution < -0.4 is 5.56 Å². The highest BCUT2D eigenvalue weighted by atomic mass is 32.2. The number of benzene rings is 1. The minimum Gasteiger partial charge on any atom is -0.477 e. The lowest BCUT2D eigenvalue weighted by atomic mass is 10.0. The Morgan fingerprint density at radius 3 is 2.63 bits per heavy atom. The number of nitrogens with one attached hydrogen (secondary N) is 1. The number of thioether (sulfide) groups is 1. The van der Waals surface area contributed by atoms with Gasteiger partial charge in [-0.15, -0.1) is 0 Å². The van der Waals surface area contributed by atoms with E-state index >= 15 is 0 Å². The van der Waals surface area contributed by atoms with Crippen molar-refractivity contribution in [2.24, 2.45) is 0 Å². The molecular formula is C13H12N2O3S. The molecule has 0 bridgehead atoms. The molecule has 0 atom stereocenters. The van der Waals surface area contributed by atoms with Gasteiger partial charge in [-0.25, -0.2) is 9.78 Å². The van der Waals surface area contributed by atoms with E-state index in [0.717, 1.165) is 5.56 Å². The van der Waals surface area contributed by atoms with Gasteiger partial charge >= 0.3 is 5.97 Å². The van der Waals surface area contributed by atoms with Gasteiger partial charge in [-0.2, -0.15) is 0 Å². The van der Waals surface area contributed by atoms with Gasteiger partial charge in [0, 0.05) is 5.56 Å². The summed E-state index contributed by atoms with van der Waals surface area (Å²) in [6.45, 7) is 1.85. The summed E-state index contributed by atoms with van der Waals surface area (Å²) in [5, 5.41) is 9.59. The number of carbonyl (C=O) groups is 1. The zero-order valence-corrected chi connectivity index (χ0v) is 11.2. The highest BCUT2D eigenvalue weighted by Gasteiger charge is 2.20. The molecular weight excluding hydrogens is 264 g/mol. The van der Waals surface area contributed by atoms with Crippen molar-refractivity contribution in [3.05, 3.63) is 45.7 Å². The number of aromatic carboxylic acids is 1. The van der Waals surface area contributed by atoms with Crippen LogP contribution in [0.2, 0.25) is 0 Å². The third-order valence-corrected chi connectivity index (χ3v) is 3.29. The number of hydrogen-bond donors (Lipinski definition) is 2. The summed E-state index contributed by atoms with van der Waals surface area (Å²) < 4.78 is 0. The number of rotatable bonds is 3. The van der Waals surface area contributed by atoms with Crippen molar-refractivity contribution < 1.29 is 9.90 Å². The predicted octanol–water partition coefficient (Wildman–Crippen LogP) is 2.17. The van der Waals surface area contributed by atoms with E-state index in [2.05, 4.69) is 9.97 Å². The van der Waals surface area contributed by atoms with Gasteiger partial charge in [-0.3, -0.25) is 4.79 Å². The number of hydrogen-bond acceptors (Lipinski definition) is 4.